The molecule has 0 unspecified atom stereocenters. The molecule has 38 heavy (non-hydrogen) atoms. The standard InChI is InChI=1S/C30H36N4O4/c1-18-7-6-8-22(13-18)25-11-12-26(30(4,5)38)34(25)27(35)17-31-28(36)23-10-9-21(19(2)14-23)16-24-15-20(3)32-33-29(24)37/h6-10,13-15,25-26,38H,11-12,16-17H2,1-5H3,(H,31,36)(H,33,37)/t25-,26+/m0/s1. The smallest absolute Gasteiger partial charge is 0.267 e. The van der Waals surface area contributed by atoms with E-state index < -0.39 is 5.60 Å². The molecule has 2 heterocycles. The molecule has 8 heteroatoms. The van der Waals surface area contributed by atoms with Crippen LogP contribution in [0.25, 0.3) is 0 Å². The van der Waals surface area contributed by atoms with Crippen LogP contribution in [0.3, 0.4) is 0 Å². The second-order valence-corrected chi connectivity index (χ2v) is 10.8. The van der Waals surface area contributed by atoms with Crippen molar-refractivity contribution in [3.05, 3.63) is 98.0 Å². The first-order valence-corrected chi connectivity index (χ1v) is 13.0. The van der Waals surface area contributed by atoms with Crippen LogP contribution in [0.1, 0.15) is 76.6 Å². The van der Waals surface area contributed by atoms with Gasteiger partial charge in [0.15, 0.2) is 0 Å². The molecule has 0 aliphatic carbocycles. The van der Waals surface area contributed by atoms with Crippen LogP contribution in [-0.2, 0) is 11.2 Å². The van der Waals surface area contributed by atoms with E-state index in [9.17, 15) is 19.5 Å². The van der Waals surface area contributed by atoms with E-state index >= 15 is 0 Å². The van der Waals surface area contributed by atoms with Crippen LogP contribution in [0.4, 0.5) is 0 Å². The Morgan fingerprint density at radius 2 is 1.84 bits per heavy atom. The lowest BCUT2D eigenvalue weighted by molar-refractivity contribution is -0.138. The van der Waals surface area contributed by atoms with Crippen molar-refractivity contribution < 1.29 is 14.7 Å². The number of aryl methyl sites for hydroxylation is 3. The lowest BCUT2D eigenvalue weighted by atomic mass is 9.96. The van der Waals surface area contributed by atoms with Gasteiger partial charge >= 0.3 is 0 Å². The summed E-state index contributed by atoms with van der Waals surface area (Å²) in [4.78, 5) is 40.3. The average molecular weight is 517 g/mol. The van der Waals surface area contributed by atoms with Crippen molar-refractivity contribution in [1.82, 2.24) is 20.4 Å². The fourth-order valence-electron chi connectivity index (χ4n) is 5.34. The summed E-state index contributed by atoms with van der Waals surface area (Å²) in [5.41, 5.74) is 4.42. The summed E-state index contributed by atoms with van der Waals surface area (Å²) in [5, 5.41) is 20.0. The van der Waals surface area contributed by atoms with Crippen LogP contribution in [0.15, 0.2) is 53.3 Å². The van der Waals surface area contributed by atoms with E-state index in [4.69, 9.17) is 0 Å². The lowest BCUT2D eigenvalue weighted by Gasteiger charge is -2.37. The number of hydrogen-bond acceptors (Lipinski definition) is 5. The van der Waals surface area contributed by atoms with Crippen LogP contribution in [0.5, 0.6) is 0 Å². The van der Waals surface area contributed by atoms with Crippen molar-refractivity contribution in [2.75, 3.05) is 6.54 Å². The number of rotatable bonds is 7. The summed E-state index contributed by atoms with van der Waals surface area (Å²) >= 11 is 0. The van der Waals surface area contributed by atoms with Gasteiger partial charge < -0.3 is 15.3 Å². The van der Waals surface area contributed by atoms with E-state index in [2.05, 4.69) is 21.6 Å². The number of likely N-dealkylation sites (tertiary alicyclic amines) is 1. The predicted molar refractivity (Wildman–Crippen MR) is 146 cm³/mol. The van der Waals surface area contributed by atoms with Gasteiger partial charge in [-0.25, -0.2) is 5.10 Å². The molecule has 0 radical (unpaired) electrons. The third-order valence-corrected chi connectivity index (χ3v) is 7.31. The van der Waals surface area contributed by atoms with Crippen molar-refractivity contribution in [1.29, 1.82) is 0 Å². The van der Waals surface area contributed by atoms with E-state index in [1.54, 1.807) is 36.9 Å². The summed E-state index contributed by atoms with van der Waals surface area (Å²) in [6, 6.07) is 14.6. The normalized spacial score (nSPS) is 17.5. The lowest BCUT2D eigenvalue weighted by Crippen LogP contribution is -2.51. The highest BCUT2D eigenvalue weighted by molar-refractivity contribution is 5.96. The highest BCUT2D eigenvalue weighted by Gasteiger charge is 2.44. The number of amides is 2. The monoisotopic (exact) mass is 516 g/mol. The van der Waals surface area contributed by atoms with Crippen LogP contribution < -0.4 is 10.9 Å². The number of aromatic nitrogens is 2. The van der Waals surface area contributed by atoms with Crippen LogP contribution >= 0.6 is 0 Å². The number of carbonyl (C=O) groups is 2. The number of H-pyrrole nitrogens is 1. The summed E-state index contributed by atoms with van der Waals surface area (Å²) in [6.45, 7) is 9.00. The molecule has 2 aromatic carbocycles. The van der Waals surface area contributed by atoms with Crippen molar-refractivity contribution in [2.45, 2.75) is 71.6 Å². The number of aromatic amines is 1. The van der Waals surface area contributed by atoms with Crippen LogP contribution in [0.2, 0.25) is 0 Å². The van der Waals surface area contributed by atoms with Crippen molar-refractivity contribution in [2.24, 2.45) is 0 Å². The fourth-order valence-corrected chi connectivity index (χ4v) is 5.34. The maximum atomic E-state index is 13.5. The molecule has 1 aliphatic heterocycles. The minimum absolute atomic E-state index is 0.155. The van der Waals surface area contributed by atoms with Gasteiger partial charge in [0, 0.05) is 17.5 Å². The second-order valence-electron chi connectivity index (χ2n) is 10.8. The summed E-state index contributed by atoms with van der Waals surface area (Å²) in [5.74, 6) is -0.577. The molecule has 0 spiro atoms. The highest BCUT2D eigenvalue weighted by Crippen LogP contribution is 2.40. The molecule has 2 amide bonds. The van der Waals surface area contributed by atoms with Gasteiger partial charge in [-0.3, -0.25) is 14.4 Å². The summed E-state index contributed by atoms with van der Waals surface area (Å²) in [6.07, 6.45) is 1.86. The number of nitrogens with one attached hydrogen (secondary N) is 2. The van der Waals surface area contributed by atoms with Gasteiger partial charge in [-0.15, -0.1) is 0 Å². The number of benzene rings is 2. The van der Waals surface area contributed by atoms with Gasteiger partial charge in [0.2, 0.25) is 5.91 Å². The molecular weight excluding hydrogens is 480 g/mol. The molecule has 3 aromatic rings. The Balaban J connectivity index is 1.47. The molecule has 1 aromatic heterocycles. The largest absolute Gasteiger partial charge is 0.388 e. The summed E-state index contributed by atoms with van der Waals surface area (Å²) in [7, 11) is 0. The molecule has 0 bridgehead atoms. The summed E-state index contributed by atoms with van der Waals surface area (Å²) < 4.78 is 0. The zero-order valence-electron chi connectivity index (χ0n) is 22.7. The van der Waals surface area contributed by atoms with Crippen molar-refractivity contribution >= 4 is 11.8 Å². The van der Waals surface area contributed by atoms with E-state index in [1.165, 1.54) is 0 Å². The first-order valence-electron chi connectivity index (χ1n) is 13.0. The number of aliphatic hydroxyl groups is 1. The van der Waals surface area contributed by atoms with Crippen LogP contribution in [-0.4, -0.2) is 50.2 Å². The molecule has 0 saturated carbocycles. The molecular formula is C30H36N4O4. The maximum absolute atomic E-state index is 13.5. The molecule has 3 N–H and O–H groups in total. The first kappa shape index (κ1) is 27.3. The molecule has 1 saturated heterocycles. The molecule has 8 nitrogen and oxygen atoms in total. The fraction of sp³-hybridized carbons (Fsp3) is 0.400. The van der Waals surface area contributed by atoms with Gasteiger partial charge in [-0.05, 0) is 82.3 Å². The topological polar surface area (TPSA) is 115 Å². The van der Waals surface area contributed by atoms with E-state index in [0.717, 1.165) is 34.4 Å². The Morgan fingerprint density at radius 3 is 2.53 bits per heavy atom. The third kappa shape index (κ3) is 6.02. The Kier molecular flexibility index (Phi) is 7.83. The van der Waals surface area contributed by atoms with Gasteiger partial charge in [0.05, 0.1) is 29.9 Å². The molecule has 1 fully saturated rings. The number of carbonyl (C=O) groups excluding carboxylic acids is 2. The molecule has 200 valence electrons. The Bertz CT molecular complexity index is 1410. The minimum atomic E-state index is -1.07. The molecule has 2 atom stereocenters. The van der Waals surface area contributed by atoms with Gasteiger partial charge in [-0.2, -0.15) is 5.10 Å². The van der Waals surface area contributed by atoms with Gasteiger partial charge in [0.1, 0.15) is 0 Å². The quantitative estimate of drug-likeness (QED) is 0.445. The number of nitrogens with zero attached hydrogens (tertiary/aromatic N) is 2. The first-order chi connectivity index (χ1) is 17.9. The van der Waals surface area contributed by atoms with Gasteiger partial charge in [-0.1, -0.05) is 35.9 Å². The van der Waals surface area contributed by atoms with E-state index in [0.29, 0.717) is 24.0 Å². The Labute approximate surface area is 223 Å². The van der Waals surface area contributed by atoms with Crippen molar-refractivity contribution in [3.63, 3.8) is 0 Å². The average Bonchev–Trinajstić information content (AvgIpc) is 3.32. The number of hydrogen-bond donors (Lipinski definition) is 3. The zero-order chi connectivity index (χ0) is 27.6. The minimum Gasteiger partial charge on any atom is -0.388 e. The van der Waals surface area contributed by atoms with Crippen molar-refractivity contribution in [3.8, 4) is 0 Å². The Morgan fingerprint density at radius 1 is 1.08 bits per heavy atom. The SMILES string of the molecule is Cc1cccc([C@@H]2CC[C@H](C(C)(C)O)N2C(=O)CNC(=O)c2ccc(Cc3cc(C)n[nH]c3=O)c(C)c2)c1. The highest BCUT2D eigenvalue weighted by atomic mass is 16.3. The Hall–Kier alpha value is -3.78. The van der Waals surface area contributed by atoms with Gasteiger partial charge in [0.25, 0.3) is 11.5 Å². The second kappa shape index (κ2) is 10.9. The molecule has 1 aliphatic rings. The maximum Gasteiger partial charge on any atom is 0.267 e. The van der Waals surface area contributed by atoms with E-state index in [1.807, 2.05) is 45.0 Å². The third-order valence-electron chi connectivity index (χ3n) is 7.31. The van der Waals surface area contributed by atoms with E-state index in [-0.39, 0.29) is 36.0 Å². The predicted octanol–water partition coefficient (Wildman–Crippen LogP) is 3.52. The zero-order valence-corrected chi connectivity index (χ0v) is 22.7. The molecule has 4 rings (SSSR count). The van der Waals surface area contributed by atoms with Crippen LogP contribution in [0, 0.1) is 20.8 Å².